The largest absolute Gasteiger partial charge is 0.369 e. The van der Waals surface area contributed by atoms with Crippen LogP contribution in [0.3, 0.4) is 0 Å². The van der Waals surface area contributed by atoms with Crippen molar-refractivity contribution in [3.63, 3.8) is 0 Å². The highest BCUT2D eigenvalue weighted by Crippen LogP contribution is 2.40. The van der Waals surface area contributed by atoms with Crippen LogP contribution in [0.15, 0.2) is 22.7 Å². The molecule has 1 aromatic heterocycles. The summed E-state index contributed by atoms with van der Waals surface area (Å²) in [7, 11) is 0. The lowest BCUT2D eigenvalue weighted by atomic mass is 10.3. The third-order valence-corrected chi connectivity index (χ3v) is 3.25. The monoisotopic (exact) mass is 251 g/mol. The normalized spacial score (nSPS) is 16.4. The molecule has 4 heteroatoms. The first-order chi connectivity index (χ1) is 6.77. The Morgan fingerprint density at radius 3 is 2.93 bits per heavy atom. The van der Waals surface area contributed by atoms with Crippen LogP contribution in [0.2, 0.25) is 0 Å². The Morgan fingerprint density at radius 1 is 1.43 bits per heavy atom. The molecule has 1 aromatic carbocycles. The molecule has 1 saturated carbocycles. The summed E-state index contributed by atoms with van der Waals surface area (Å²) in [5.74, 6) is 0.634. The van der Waals surface area contributed by atoms with Crippen molar-refractivity contribution in [1.82, 2.24) is 9.55 Å². The van der Waals surface area contributed by atoms with Gasteiger partial charge in [0.25, 0.3) is 0 Å². The molecule has 0 amide bonds. The summed E-state index contributed by atoms with van der Waals surface area (Å²) in [6.45, 7) is 0. The number of anilines is 1. The van der Waals surface area contributed by atoms with E-state index in [-0.39, 0.29) is 0 Å². The van der Waals surface area contributed by atoms with Gasteiger partial charge in [0, 0.05) is 10.5 Å². The van der Waals surface area contributed by atoms with Gasteiger partial charge in [0.2, 0.25) is 5.95 Å². The van der Waals surface area contributed by atoms with Crippen LogP contribution in [-0.2, 0) is 0 Å². The number of nitrogens with zero attached hydrogens (tertiary/aromatic N) is 2. The fourth-order valence-corrected chi connectivity index (χ4v) is 2.26. The van der Waals surface area contributed by atoms with Crippen LogP contribution in [-0.4, -0.2) is 9.55 Å². The first kappa shape index (κ1) is 8.29. The number of hydrogen-bond acceptors (Lipinski definition) is 2. The minimum atomic E-state index is 0.578. The zero-order chi connectivity index (χ0) is 9.71. The van der Waals surface area contributed by atoms with Gasteiger partial charge in [-0.3, -0.25) is 0 Å². The first-order valence-corrected chi connectivity index (χ1v) is 5.48. The first-order valence-electron chi connectivity index (χ1n) is 4.69. The van der Waals surface area contributed by atoms with Crippen LogP contribution in [0.5, 0.6) is 0 Å². The summed E-state index contributed by atoms with van der Waals surface area (Å²) in [6, 6.07) is 6.66. The van der Waals surface area contributed by atoms with Crippen LogP contribution < -0.4 is 5.73 Å². The number of nitrogens with two attached hydrogens (primary N) is 1. The second kappa shape index (κ2) is 2.73. The maximum Gasteiger partial charge on any atom is 0.201 e. The van der Waals surface area contributed by atoms with E-state index in [1.165, 1.54) is 12.8 Å². The van der Waals surface area contributed by atoms with E-state index in [0.717, 1.165) is 15.5 Å². The second-order valence-electron chi connectivity index (χ2n) is 3.68. The lowest BCUT2D eigenvalue weighted by molar-refractivity contribution is 0.779. The Labute approximate surface area is 90.0 Å². The van der Waals surface area contributed by atoms with Crippen LogP contribution in [0.4, 0.5) is 5.95 Å². The van der Waals surface area contributed by atoms with E-state index in [2.05, 4.69) is 31.5 Å². The fourth-order valence-electron chi connectivity index (χ4n) is 1.82. The fraction of sp³-hybridized carbons (Fsp3) is 0.300. The third-order valence-electron chi connectivity index (χ3n) is 2.61. The molecule has 0 saturated heterocycles. The molecule has 72 valence electrons. The molecular formula is C10H10BrN3. The molecule has 0 radical (unpaired) electrons. The molecule has 0 bridgehead atoms. The van der Waals surface area contributed by atoms with Crippen LogP contribution in [0.25, 0.3) is 11.0 Å². The molecule has 0 aliphatic heterocycles. The molecule has 3 rings (SSSR count). The van der Waals surface area contributed by atoms with Crippen molar-refractivity contribution in [1.29, 1.82) is 0 Å². The van der Waals surface area contributed by atoms with Crippen molar-refractivity contribution in [3.8, 4) is 0 Å². The molecule has 1 aliphatic rings. The number of hydrogen-bond donors (Lipinski definition) is 1. The second-order valence-corrected chi connectivity index (χ2v) is 4.53. The van der Waals surface area contributed by atoms with Crippen molar-refractivity contribution in [2.75, 3.05) is 5.73 Å². The van der Waals surface area contributed by atoms with E-state index >= 15 is 0 Å². The minimum Gasteiger partial charge on any atom is -0.369 e. The smallest absolute Gasteiger partial charge is 0.201 e. The van der Waals surface area contributed by atoms with Gasteiger partial charge in [0.1, 0.15) is 5.52 Å². The molecule has 1 fully saturated rings. The summed E-state index contributed by atoms with van der Waals surface area (Å²) in [5.41, 5.74) is 8.00. The third kappa shape index (κ3) is 1.07. The van der Waals surface area contributed by atoms with E-state index in [0.29, 0.717) is 12.0 Å². The Bertz CT molecular complexity index is 499. The van der Waals surface area contributed by atoms with Crippen LogP contribution >= 0.6 is 15.9 Å². The summed E-state index contributed by atoms with van der Waals surface area (Å²) in [6.07, 6.45) is 2.45. The van der Waals surface area contributed by atoms with E-state index in [4.69, 9.17) is 5.73 Å². The Balaban J connectivity index is 2.37. The average molecular weight is 252 g/mol. The highest BCUT2D eigenvalue weighted by molar-refractivity contribution is 9.10. The SMILES string of the molecule is Nc1nc2c(Br)cccc2n1C1CC1. The van der Waals surface area contributed by atoms with E-state index in [1.54, 1.807) is 0 Å². The predicted octanol–water partition coefficient (Wildman–Crippen LogP) is 2.72. The van der Waals surface area contributed by atoms with Gasteiger partial charge >= 0.3 is 0 Å². The summed E-state index contributed by atoms with van der Waals surface area (Å²) < 4.78 is 3.15. The Kier molecular flexibility index (Phi) is 1.62. The van der Waals surface area contributed by atoms with Gasteiger partial charge in [0.15, 0.2) is 0 Å². The van der Waals surface area contributed by atoms with Crippen molar-refractivity contribution in [2.45, 2.75) is 18.9 Å². The molecule has 2 aromatic rings. The summed E-state index contributed by atoms with van der Waals surface area (Å²) in [4.78, 5) is 4.37. The van der Waals surface area contributed by atoms with Crippen LogP contribution in [0.1, 0.15) is 18.9 Å². The van der Waals surface area contributed by atoms with Gasteiger partial charge in [-0.2, -0.15) is 0 Å². The van der Waals surface area contributed by atoms with E-state index in [9.17, 15) is 0 Å². The molecular weight excluding hydrogens is 242 g/mol. The number of benzene rings is 1. The van der Waals surface area contributed by atoms with Gasteiger partial charge < -0.3 is 10.3 Å². The summed E-state index contributed by atoms with van der Waals surface area (Å²) in [5, 5.41) is 0. The minimum absolute atomic E-state index is 0.578. The number of nitrogen functional groups attached to an aromatic ring is 1. The standard InChI is InChI=1S/C10H10BrN3/c11-7-2-1-3-8-9(7)13-10(12)14(8)6-4-5-6/h1-3,6H,4-5H2,(H2,12,13). The molecule has 0 atom stereocenters. The highest BCUT2D eigenvalue weighted by Gasteiger charge is 2.27. The number of imidazole rings is 1. The average Bonchev–Trinajstić information content (AvgIpc) is 2.91. The Hall–Kier alpha value is -1.03. The molecule has 3 nitrogen and oxygen atoms in total. The molecule has 0 unspecified atom stereocenters. The highest BCUT2D eigenvalue weighted by atomic mass is 79.9. The van der Waals surface area contributed by atoms with E-state index < -0.39 is 0 Å². The quantitative estimate of drug-likeness (QED) is 0.847. The van der Waals surface area contributed by atoms with Gasteiger partial charge in [-0.15, -0.1) is 0 Å². The van der Waals surface area contributed by atoms with Crippen molar-refractivity contribution in [3.05, 3.63) is 22.7 Å². The van der Waals surface area contributed by atoms with E-state index in [1.807, 2.05) is 12.1 Å². The number of aromatic nitrogens is 2. The molecule has 2 N–H and O–H groups in total. The van der Waals surface area contributed by atoms with Gasteiger partial charge in [-0.05, 0) is 40.9 Å². The number of fused-ring (bicyclic) bond motifs is 1. The zero-order valence-electron chi connectivity index (χ0n) is 7.57. The maximum atomic E-state index is 5.89. The molecule has 1 heterocycles. The van der Waals surface area contributed by atoms with Gasteiger partial charge in [-0.1, -0.05) is 6.07 Å². The van der Waals surface area contributed by atoms with Crippen molar-refractivity contribution < 1.29 is 0 Å². The van der Waals surface area contributed by atoms with Crippen LogP contribution in [0, 0.1) is 0 Å². The number of para-hydroxylation sites is 1. The topological polar surface area (TPSA) is 43.8 Å². The summed E-state index contributed by atoms with van der Waals surface area (Å²) >= 11 is 3.48. The van der Waals surface area contributed by atoms with Gasteiger partial charge in [-0.25, -0.2) is 4.98 Å². The lowest BCUT2D eigenvalue weighted by Gasteiger charge is -2.02. The number of rotatable bonds is 1. The lowest BCUT2D eigenvalue weighted by Crippen LogP contribution is -2.00. The maximum absolute atomic E-state index is 5.89. The molecule has 14 heavy (non-hydrogen) atoms. The number of halogens is 1. The van der Waals surface area contributed by atoms with Crippen molar-refractivity contribution >= 4 is 32.9 Å². The van der Waals surface area contributed by atoms with Gasteiger partial charge in [0.05, 0.1) is 5.52 Å². The zero-order valence-corrected chi connectivity index (χ0v) is 9.16. The van der Waals surface area contributed by atoms with Crippen molar-refractivity contribution in [2.24, 2.45) is 0 Å². The molecule has 1 aliphatic carbocycles. The predicted molar refractivity (Wildman–Crippen MR) is 60.1 cm³/mol. The Morgan fingerprint density at radius 2 is 2.21 bits per heavy atom. The molecule has 0 spiro atoms.